The van der Waals surface area contributed by atoms with E-state index in [1.165, 1.54) is 11.1 Å². The highest BCUT2D eigenvalue weighted by atomic mass is 32.1. The summed E-state index contributed by atoms with van der Waals surface area (Å²) in [6.07, 6.45) is 0. The van der Waals surface area contributed by atoms with Gasteiger partial charge in [0, 0.05) is 5.56 Å². The first-order valence-corrected chi connectivity index (χ1v) is 9.82. The summed E-state index contributed by atoms with van der Waals surface area (Å²) in [6, 6.07) is 8.03. The second kappa shape index (κ2) is 9.48. The van der Waals surface area contributed by atoms with Gasteiger partial charge >= 0.3 is 5.97 Å². The molecule has 2 amide bonds. The number of carbonyl (C=O) groups excluding carboxylic acids is 3. The number of primary amides is 1. The van der Waals surface area contributed by atoms with E-state index in [9.17, 15) is 14.4 Å². The molecule has 0 bridgehead atoms. The van der Waals surface area contributed by atoms with Crippen LogP contribution in [0.5, 0.6) is 0 Å². The van der Waals surface area contributed by atoms with Crippen molar-refractivity contribution in [2.45, 2.75) is 27.3 Å². The van der Waals surface area contributed by atoms with Crippen LogP contribution in [0.2, 0.25) is 0 Å². The van der Waals surface area contributed by atoms with E-state index < -0.39 is 11.9 Å². The van der Waals surface area contributed by atoms with E-state index in [1.54, 1.807) is 13.8 Å². The highest BCUT2D eigenvalue weighted by Gasteiger charge is 2.26. The summed E-state index contributed by atoms with van der Waals surface area (Å²) in [5.41, 5.74) is 8.34. The van der Waals surface area contributed by atoms with E-state index in [1.807, 2.05) is 38.2 Å². The Morgan fingerprint density at radius 3 is 2.50 bits per heavy atom. The third-order valence-corrected chi connectivity index (χ3v) is 5.54. The van der Waals surface area contributed by atoms with Crippen LogP contribution in [0.15, 0.2) is 24.3 Å². The Morgan fingerprint density at radius 1 is 1.21 bits per heavy atom. The number of carbonyl (C=O) groups is 3. The number of amides is 2. The van der Waals surface area contributed by atoms with Gasteiger partial charge in [0.1, 0.15) is 11.5 Å². The van der Waals surface area contributed by atoms with Crippen molar-refractivity contribution in [3.8, 4) is 0 Å². The van der Waals surface area contributed by atoms with Crippen LogP contribution in [0.1, 0.15) is 43.6 Å². The lowest BCUT2D eigenvalue weighted by Crippen LogP contribution is -3.08. The number of quaternary nitrogens is 1. The molecule has 0 saturated carbocycles. The quantitative estimate of drug-likeness (QED) is 0.577. The SMILES string of the molecule is CCOC(=O)c1c(NC(=O)C[NH+](C)Cc2ccccc2C)sc(C(N)=O)c1C. The molecule has 0 aliphatic rings. The summed E-state index contributed by atoms with van der Waals surface area (Å²) in [5, 5.41) is 3.04. The number of anilines is 1. The minimum atomic E-state index is -0.643. The fraction of sp³-hybridized carbons (Fsp3) is 0.350. The minimum Gasteiger partial charge on any atom is -0.462 e. The molecule has 28 heavy (non-hydrogen) atoms. The van der Waals surface area contributed by atoms with Crippen molar-refractivity contribution in [1.82, 2.24) is 0 Å². The first-order valence-electron chi connectivity index (χ1n) is 9.00. The minimum absolute atomic E-state index is 0.186. The van der Waals surface area contributed by atoms with E-state index in [0.717, 1.165) is 16.2 Å². The molecule has 8 heteroatoms. The van der Waals surface area contributed by atoms with E-state index in [0.29, 0.717) is 17.1 Å². The Kier molecular flexibility index (Phi) is 7.31. The third kappa shape index (κ3) is 5.17. The van der Waals surface area contributed by atoms with Crippen LogP contribution in [0.4, 0.5) is 5.00 Å². The molecule has 1 aromatic heterocycles. The summed E-state index contributed by atoms with van der Waals surface area (Å²) in [6.45, 7) is 6.44. The van der Waals surface area contributed by atoms with Gasteiger partial charge in [0.2, 0.25) is 0 Å². The summed E-state index contributed by atoms with van der Waals surface area (Å²) in [4.78, 5) is 37.7. The molecule has 1 heterocycles. The van der Waals surface area contributed by atoms with E-state index >= 15 is 0 Å². The number of ether oxygens (including phenoxy) is 1. The van der Waals surface area contributed by atoms with Gasteiger partial charge in [-0.05, 0) is 31.9 Å². The molecular weight excluding hydrogens is 378 g/mol. The average molecular weight is 405 g/mol. The molecule has 4 N–H and O–H groups in total. The van der Waals surface area contributed by atoms with E-state index in [2.05, 4.69) is 5.32 Å². The fourth-order valence-corrected chi connectivity index (χ4v) is 3.99. The number of nitrogens with one attached hydrogen (secondary N) is 2. The average Bonchev–Trinajstić information content (AvgIpc) is 2.93. The second-order valence-electron chi connectivity index (χ2n) is 6.63. The van der Waals surface area contributed by atoms with Crippen molar-refractivity contribution in [1.29, 1.82) is 0 Å². The molecule has 0 aliphatic carbocycles. The number of nitrogens with two attached hydrogens (primary N) is 1. The van der Waals surface area contributed by atoms with Gasteiger partial charge in [-0.2, -0.15) is 0 Å². The Bertz CT molecular complexity index is 892. The molecule has 2 aromatic rings. The lowest BCUT2D eigenvalue weighted by molar-refractivity contribution is -0.885. The molecule has 1 atom stereocenters. The van der Waals surface area contributed by atoms with Crippen molar-refractivity contribution in [2.75, 3.05) is 25.5 Å². The first-order chi connectivity index (χ1) is 13.2. The summed E-state index contributed by atoms with van der Waals surface area (Å²) in [7, 11) is 1.92. The molecule has 7 nitrogen and oxygen atoms in total. The molecule has 0 spiro atoms. The predicted molar refractivity (Wildman–Crippen MR) is 109 cm³/mol. The van der Waals surface area contributed by atoms with Crippen molar-refractivity contribution in [3.63, 3.8) is 0 Å². The van der Waals surface area contributed by atoms with Crippen molar-refractivity contribution in [2.24, 2.45) is 5.73 Å². The number of likely N-dealkylation sites (N-methyl/N-ethyl adjacent to an activating group) is 1. The monoisotopic (exact) mass is 404 g/mol. The molecule has 150 valence electrons. The maximum Gasteiger partial charge on any atom is 0.341 e. The second-order valence-corrected chi connectivity index (χ2v) is 7.65. The molecular formula is C20H26N3O4S+. The van der Waals surface area contributed by atoms with Crippen LogP contribution in [-0.2, 0) is 16.1 Å². The highest BCUT2D eigenvalue weighted by molar-refractivity contribution is 7.18. The standard InChI is InChI=1S/C20H25N3O4S/c1-5-27-20(26)16-13(3)17(18(21)25)28-19(16)22-15(24)11-23(4)10-14-9-7-6-8-12(14)2/h6-9H,5,10-11H2,1-4H3,(H2,21,25)(H,22,24)/p+1. The fourth-order valence-electron chi connectivity index (χ4n) is 2.93. The number of hydrogen-bond acceptors (Lipinski definition) is 5. The lowest BCUT2D eigenvalue weighted by Gasteiger charge is -2.15. The molecule has 0 aliphatic heterocycles. The number of rotatable bonds is 8. The number of esters is 1. The zero-order valence-corrected chi connectivity index (χ0v) is 17.4. The third-order valence-electron chi connectivity index (χ3n) is 4.32. The Labute approximate surface area is 168 Å². The van der Waals surface area contributed by atoms with Gasteiger partial charge in [0.15, 0.2) is 6.54 Å². The van der Waals surface area contributed by atoms with Crippen molar-refractivity contribution >= 4 is 34.1 Å². The maximum absolute atomic E-state index is 12.5. The van der Waals surface area contributed by atoms with Gasteiger partial charge in [0.05, 0.1) is 24.1 Å². The smallest absolute Gasteiger partial charge is 0.341 e. The normalized spacial score (nSPS) is 11.7. The Balaban J connectivity index is 2.14. The summed E-state index contributed by atoms with van der Waals surface area (Å²) in [5.74, 6) is -1.48. The summed E-state index contributed by atoms with van der Waals surface area (Å²) >= 11 is 0.994. The van der Waals surface area contributed by atoms with E-state index in [-0.39, 0.29) is 29.5 Å². The van der Waals surface area contributed by atoms with Crippen LogP contribution in [0, 0.1) is 13.8 Å². The topological polar surface area (TPSA) is 103 Å². The number of thiophene rings is 1. The zero-order valence-electron chi connectivity index (χ0n) is 16.5. The number of benzene rings is 1. The van der Waals surface area contributed by atoms with E-state index in [4.69, 9.17) is 10.5 Å². The van der Waals surface area contributed by atoms with Crippen LogP contribution in [0.25, 0.3) is 0 Å². The first kappa shape index (κ1) is 21.6. The molecule has 0 fully saturated rings. The molecule has 0 saturated heterocycles. The molecule has 0 radical (unpaired) electrons. The predicted octanol–water partition coefficient (Wildman–Crippen LogP) is 1.29. The molecule has 2 rings (SSSR count). The highest BCUT2D eigenvalue weighted by Crippen LogP contribution is 2.33. The Morgan fingerprint density at radius 2 is 1.89 bits per heavy atom. The van der Waals surface area contributed by atoms with Crippen molar-refractivity contribution < 1.29 is 24.0 Å². The number of hydrogen-bond donors (Lipinski definition) is 3. The maximum atomic E-state index is 12.5. The van der Waals surface area contributed by atoms with Crippen molar-refractivity contribution in [3.05, 3.63) is 51.4 Å². The van der Waals surface area contributed by atoms with Crippen LogP contribution in [0.3, 0.4) is 0 Å². The van der Waals surface area contributed by atoms with Crippen LogP contribution < -0.4 is 16.0 Å². The largest absolute Gasteiger partial charge is 0.462 e. The molecule has 1 unspecified atom stereocenters. The van der Waals surface area contributed by atoms with Gasteiger partial charge in [-0.15, -0.1) is 11.3 Å². The van der Waals surface area contributed by atoms with Gasteiger partial charge in [-0.25, -0.2) is 4.79 Å². The lowest BCUT2D eigenvalue weighted by atomic mass is 10.1. The van der Waals surface area contributed by atoms with Gasteiger partial charge in [-0.1, -0.05) is 24.3 Å². The zero-order chi connectivity index (χ0) is 20.8. The van der Waals surface area contributed by atoms with Gasteiger partial charge in [-0.3, -0.25) is 9.59 Å². The van der Waals surface area contributed by atoms with Crippen LogP contribution >= 0.6 is 11.3 Å². The van der Waals surface area contributed by atoms with Crippen LogP contribution in [-0.4, -0.2) is 38.0 Å². The molecule has 1 aromatic carbocycles. The van der Waals surface area contributed by atoms with Gasteiger partial charge in [0.25, 0.3) is 11.8 Å². The van der Waals surface area contributed by atoms with Gasteiger partial charge < -0.3 is 20.7 Å². The number of aryl methyl sites for hydroxylation is 1. The summed E-state index contributed by atoms with van der Waals surface area (Å²) < 4.78 is 5.06. The Hall–Kier alpha value is -2.71.